The number of thiophene rings is 1. The number of amides is 1. The van der Waals surface area contributed by atoms with E-state index in [2.05, 4.69) is 20.8 Å². The molecule has 21 heavy (non-hydrogen) atoms. The third-order valence-corrected chi connectivity index (χ3v) is 7.53. The average Bonchev–Trinajstić information content (AvgIpc) is 3.04. The van der Waals surface area contributed by atoms with Gasteiger partial charge in [0.2, 0.25) is 0 Å². The minimum Gasteiger partial charge on any atom is -0.335 e. The van der Waals surface area contributed by atoms with E-state index in [4.69, 9.17) is 0 Å². The Morgan fingerprint density at radius 2 is 2.00 bits per heavy atom. The molecule has 1 unspecified atom stereocenters. The Kier molecular flexibility index (Phi) is 4.40. The lowest BCUT2D eigenvalue weighted by Gasteiger charge is -2.37. The van der Waals surface area contributed by atoms with Crippen LogP contribution in [0.5, 0.6) is 0 Å². The number of hydrogen-bond donors (Lipinski definition) is 0. The van der Waals surface area contributed by atoms with Gasteiger partial charge in [0.1, 0.15) is 0 Å². The van der Waals surface area contributed by atoms with Gasteiger partial charge in [-0.05, 0) is 28.4 Å². The molecule has 8 heteroatoms. The molecule has 0 radical (unpaired) electrons. The van der Waals surface area contributed by atoms with E-state index in [9.17, 15) is 13.2 Å². The van der Waals surface area contributed by atoms with Gasteiger partial charge in [0.05, 0.1) is 16.4 Å². The van der Waals surface area contributed by atoms with E-state index >= 15 is 0 Å². The SMILES string of the molecule is O=C(c1cc(Br)cs1)N1CCN(C2CCS(=O)(=O)C2)CC1. The van der Waals surface area contributed by atoms with Crippen molar-refractivity contribution in [1.82, 2.24) is 9.80 Å². The molecule has 0 N–H and O–H groups in total. The zero-order valence-corrected chi connectivity index (χ0v) is 14.7. The number of rotatable bonds is 2. The molecule has 2 saturated heterocycles. The van der Waals surface area contributed by atoms with Crippen molar-refractivity contribution in [3.63, 3.8) is 0 Å². The van der Waals surface area contributed by atoms with Crippen molar-refractivity contribution in [2.45, 2.75) is 12.5 Å². The molecule has 1 atom stereocenters. The Morgan fingerprint density at radius 1 is 1.29 bits per heavy atom. The predicted octanol–water partition coefficient (Wildman–Crippen LogP) is 1.46. The van der Waals surface area contributed by atoms with Gasteiger partial charge in [-0.1, -0.05) is 0 Å². The quantitative estimate of drug-likeness (QED) is 0.764. The molecule has 1 aromatic rings. The van der Waals surface area contributed by atoms with Gasteiger partial charge >= 0.3 is 0 Å². The summed E-state index contributed by atoms with van der Waals surface area (Å²) in [6.07, 6.45) is 0.730. The van der Waals surface area contributed by atoms with Crippen LogP contribution in [-0.4, -0.2) is 67.9 Å². The van der Waals surface area contributed by atoms with Crippen LogP contribution >= 0.6 is 27.3 Å². The molecule has 1 amide bonds. The van der Waals surface area contributed by atoms with Crippen LogP contribution in [0.15, 0.2) is 15.9 Å². The van der Waals surface area contributed by atoms with E-state index in [1.165, 1.54) is 11.3 Å². The largest absolute Gasteiger partial charge is 0.335 e. The molecule has 116 valence electrons. The average molecular weight is 393 g/mol. The summed E-state index contributed by atoms with van der Waals surface area (Å²) in [5, 5.41) is 1.91. The van der Waals surface area contributed by atoms with Crippen LogP contribution in [0, 0.1) is 0 Å². The van der Waals surface area contributed by atoms with Gasteiger partial charge in [0.25, 0.3) is 5.91 Å². The monoisotopic (exact) mass is 392 g/mol. The fourth-order valence-corrected chi connectivity index (χ4v) is 6.09. The van der Waals surface area contributed by atoms with E-state index in [1.807, 2.05) is 16.3 Å². The highest BCUT2D eigenvalue weighted by Gasteiger charge is 2.34. The minimum atomic E-state index is -2.84. The number of hydrogen-bond acceptors (Lipinski definition) is 5. The van der Waals surface area contributed by atoms with E-state index in [0.717, 1.165) is 28.9 Å². The Bertz CT molecular complexity index is 636. The van der Waals surface area contributed by atoms with Crippen LogP contribution in [0.1, 0.15) is 16.1 Å². The van der Waals surface area contributed by atoms with Crippen molar-refractivity contribution in [3.8, 4) is 0 Å². The molecule has 5 nitrogen and oxygen atoms in total. The summed E-state index contributed by atoms with van der Waals surface area (Å²) in [7, 11) is -2.84. The number of nitrogens with zero attached hydrogens (tertiary/aromatic N) is 2. The molecular weight excluding hydrogens is 376 g/mol. The molecule has 2 aliphatic rings. The highest BCUT2D eigenvalue weighted by atomic mass is 79.9. The number of halogens is 1. The number of piperazine rings is 1. The summed E-state index contributed by atoms with van der Waals surface area (Å²) in [6, 6.07) is 1.99. The smallest absolute Gasteiger partial charge is 0.264 e. The van der Waals surface area contributed by atoms with Crippen molar-refractivity contribution in [1.29, 1.82) is 0 Å². The maximum Gasteiger partial charge on any atom is 0.264 e. The van der Waals surface area contributed by atoms with E-state index < -0.39 is 9.84 Å². The van der Waals surface area contributed by atoms with Crippen molar-refractivity contribution < 1.29 is 13.2 Å². The van der Waals surface area contributed by atoms with Crippen molar-refractivity contribution in [3.05, 3.63) is 20.8 Å². The normalized spacial score (nSPS) is 26.1. The molecular formula is C13H17BrN2O3S2. The second kappa shape index (κ2) is 5.98. The van der Waals surface area contributed by atoms with Gasteiger partial charge in [-0.3, -0.25) is 9.69 Å². The molecule has 2 aliphatic heterocycles. The summed E-state index contributed by atoms with van der Waals surface area (Å²) in [6.45, 7) is 2.87. The first kappa shape index (κ1) is 15.5. The second-order valence-corrected chi connectivity index (χ2v) is 9.57. The molecule has 0 aromatic carbocycles. The van der Waals surface area contributed by atoms with Crippen molar-refractivity contribution >= 4 is 43.0 Å². The number of carbonyl (C=O) groups is 1. The van der Waals surface area contributed by atoms with Crippen LogP contribution in [0.3, 0.4) is 0 Å². The number of carbonyl (C=O) groups excluding carboxylic acids is 1. The molecule has 1 aromatic heterocycles. The third-order valence-electron chi connectivity index (χ3n) is 4.10. The maximum absolute atomic E-state index is 12.3. The zero-order chi connectivity index (χ0) is 15.0. The standard InChI is InChI=1S/C13H17BrN2O3S2/c14-10-7-12(20-8-10)13(17)16-4-2-15(3-5-16)11-1-6-21(18,19)9-11/h7-8,11H,1-6,9H2. The summed E-state index contributed by atoms with van der Waals surface area (Å²) < 4.78 is 24.0. The molecule has 0 aliphatic carbocycles. The summed E-state index contributed by atoms with van der Waals surface area (Å²) >= 11 is 4.81. The summed E-state index contributed by atoms with van der Waals surface area (Å²) in [4.78, 5) is 17.2. The van der Waals surface area contributed by atoms with E-state index in [0.29, 0.717) is 18.8 Å². The van der Waals surface area contributed by atoms with Gasteiger partial charge in [0.15, 0.2) is 9.84 Å². The Morgan fingerprint density at radius 3 is 2.52 bits per heavy atom. The van der Waals surface area contributed by atoms with Crippen molar-refractivity contribution in [2.24, 2.45) is 0 Å². The fraction of sp³-hybridized carbons (Fsp3) is 0.615. The lowest BCUT2D eigenvalue weighted by atomic mass is 10.2. The first-order valence-electron chi connectivity index (χ1n) is 6.92. The highest BCUT2D eigenvalue weighted by Crippen LogP contribution is 2.23. The molecule has 0 bridgehead atoms. The predicted molar refractivity (Wildman–Crippen MR) is 86.6 cm³/mol. The van der Waals surface area contributed by atoms with Gasteiger partial charge < -0.3 is 4.90 Å². The molecule has 3 heterocycles. The third kappa shape index (κ3) is 3.49. The lowest BCUT2D eigenvalue weighted by Crippen LogP contribution is -2.52. The number of sulfone groups is 1. The highest BCUT2D eigenvalue weighted by molar-refractivity contribution is 9.10. The topological polar surface area (TPSA) is 57.7 Å². The maximum atomic E-state index is 12.3. The minimum absolute atomic E-state index is 0.0735. The van der Waals surface area contributed by atoms with Gasteiger partial charge in [-0.15, -0.1) is 11.3 Å². The van der Waals surface area contributed by atoms with Crippen LogP contribution in [0.25, 0.3) is 0 Å². The first-order valence-corrected chi connectivity index (χ1v) is 10.4. The first-order chi connectivity index (χ1) is 9.94. The van der Waals surface area contributed by atoms with Gasteiger partial charge in [-0.25, -0.2) is 8.42 Å². The molecule has 2 fully saturated rings. The van der Waals surface area contributed by atoms with Crippen molar-refractivity contribution in [2.75, 3.05) is 37.7 Å². The fourth-order valence-electron chi connectivity index (χ4n) is 2.93. The van der Waals surface area contributed by atoms with E-state index in [1.54, 1.807) is 0 Å². The van der Waals surface area contributed by atoms with Gasteiger partial charge in [-0.2, -0.15) is 0 Å². The molecule has 0 saturated carbocycles. The van der Waals surface area contributed by atoms with E-state index in [-0.39, 0.29) is 17.7 Å². The van der Waals surface area contributed by atoms with Crippen LogP contribution in [-0.2, 0) is 9.84 Å². The second-order valence-electron chi connectivity index (χ2n) is 5.51. The Balaban J connectivity index is 1.57. The Hall–Kier alpha value is -0.440. The Labute approximate surface area is 137 Å². The van der Waals surface area contributed by atoms with Crippen LogP contribution in [0.2, 0.25) is 0 Å². The molecule has 3 rings (SSSR count). The lowest BCUT2D eigenvalue weighted by molar-refractivity contribution is 0.0592. The zero-order valence-electron chi connectivity index (χ0n) is 11.5. The summed E-state index contributed by atoms with van der Waals surface area (Å²) in [5.74, 6) is 0.656. The van der Waals surface area contributed by atoms with Crippen LogP contribution in [0.4, 0.5) is 0 Å². The summed E-state index contributed by atoms with van der Waals surface area (Å²) in [5.41, 5.74) is 0. The molecule has 0 spiro atoms. The van der Waals surface area contributed by atoms with Crippen LogP contribution < -0.4 is 0 Å². The van der Waals surface area contributed by atoms with Gasteiger partial charge in [0, 0.05) is 42.1 Å².